The minimum atomic E-state index is 0.481. The third-order valence-electron chi connectivity index (χ3n) is 3.06. The molecule has 3 rings (SSSR count). The van der Waals surface area contributed by atoms with Crippen molar-refractivity contribution in [1.82, 2.24) is 19.9 Å². The van der Waals surface area contributed by atoms with Gasteiger partial charge in [0.25, 0.3) is 0 Å². The molecule has 0 amide bonds. The van der Waals surface area contributed by atoms with Gasteiger partial charge in [0.2, 0.25) is 5.95 Å². The molecule has 0 bridgehead atoms. The van der Waals surface area contributed by atoms with Gasteiger partial charge < -0.3 is 5.32 Å². The van der Waals surface area contributed by atoms with Crippen LogP contribution >= 0.6 is 11.8 Å². The second kappa shape index (κ2) is 7.06. The Kier molecular flexibility index (Phi) is 4.68. The van der Waals surface area contributed by atoms with E-state index in [9.17, 15) is 0 Å². The van der Waals surface area contributed by atoms with Crippen LogP contribution < -0.4 is 5.32 Å². The van der Waals surface area contributed by atoms with Crippen LogP contribution in [0.2, 0.25) is 0 Å². The Hall–Kier alpha value is -2.98. The summed E-state index contributed by atoms with van der Waals surface area (Å²) in [5.74, 6) is 0.481. The van der Waals surface area contributed by atoms with Gasteiger partial charge in [0, 0.05) is 23.3 Å². The maximum atomic E-state index is 8.82. The van der Waals surface area contributed by atoms with Crippen molar-refractivity contribution >= 4 is 23.4 Å². The lowest BCUT2D eigenvalue weighted by molar-refractivity contribution is 0.898. The standard InChI is InChI=1S/C17H14N6S/c1-11-9-12(2)21-17(20-11)24-15-7-8-19-16(23-15)22-14-5-3-13(10-18)4-6-14/h3-9H,1-2H3,(H,19,22,23). The summed E-state index contributed by atoms with van der Waals surface area (Å²) in [4.78, 5) is 17.5. The predicted molar refractivity (Wildman–Crippen MR) is 92.1 cm³/mol. The number of rotatable bonds is 4. The van der Waals surface area contributed by atoms with E-state index in [1.807, 2.05) is 38.1 Å². The highest BCUT2D eigenvalue weighted by Crippen LogP contribution is 2.24. The molecule has 3 aromatic rings. The molecule has 2 heterocycles. The van der Waals surface area contributed by atoms with Crippen LogP contribution in [0.1, 0.15) is 17.0 Å². The van der Waals surface area contributed by atoms with E-state index < -0.39 is 0 Å². The van der Waals surface area contributed by atoms with Crippen LogP contribution in [0.5, 0.6) is 0 Å². The van der Waals surface area contributed by atoms with Crippen LogP contribution in [0, 0.1) is 25.2 Å². The number of nitriles is 1. The largest absolute Gasteiger partial charge is 0.324 e. The molecule has 2 aromatic heterocycles. The van der Waals surface area contributed by atoms with E-state index in [0.29, 0.717) is 16.7 Å². The van der Waals surface area contributed by atoms with E-state index in [0.717, 1.165) is 22.1 Å². The summed E-state index contributed by atoms with van der Waals surface area (Å²) in [6.07, 6.45) is 1.68. The molecule has 0 radical (unpaired) electrons. The van der Waals surface area contributed by atoms with Crippen LogP contribution in [0.3, 0.4) is 0 Å². The van der Waals surface area contributed by atoms with Gasteiger partial charge in [0.15, 0.2) is 5.16 Å². The zero-order valence-electron chi connectivity index (χ0n) is 13.2. The summed E-state index contributed by atoms with van der Waals surface area (Å²) in [6.45, 7) is 3.88. The summed E-state index contributed by atoms with van der Waals surface area (Å²) in [5.41, 5.74) is 3.28. The lowest BCUT2D eigenvalue weighted by Crippen LogP contribution is -1.98. The van der Waals surface area contributed by atoms with Crippen LogP contribution in [-0.4, -0.2) is 19.9 Å². The Morgan fingerprint density at radius 1 is 1.00 bits per heavy atom. The first-order chi connectivity index (χ1) is 11.6. The Bertz CT molecular complexity index is 881. The Morgan fingerprint density at radius 2 is 1.71 bits per heavy atom. The molecule has 0 unspecified atom stereocenters. The number of nitrogens with one attached hydrogen (secondary N) is 1. The van der Waals surface area contributed by atoms with Crippen LogP contribution in [0.25, 0.3) is 0 Å². The van der Waals surface area contributed by atoms with E-state index >= 15 is 0 Å². The number of nitrogens with zero attached hydrogens (tertiary/aromatic N) is 5. The van der Waals surface area contributed by atoms with Gasteiger partial charge in [-0.3, -0.25) is 0 Å². The molecule has 24 heavy (non-hydrogen) atoms. The van der Waals surface area contributed by atoms with Gasteiger partial charge >= 0.3 is 0 Å². The molecule has 118 valence electrons. The first-order valence-electron chi connectivity index (χ1n) is 7.23. The summed E-state index contributed by atoms with van der Waals surface area (Å²) in [7, 11) is 0. The van der Waals surface area contributed by atoms with Gasteiger partial charge in [-0.2, -0.15) is 5.26 Å². The van der Waals surface area contributed by atoms with Crippen molar-refractivity contribution in [3.8, 4) is 6.07 Å². The fraction of sp³-hybridized carbons (Fsp3) is 0.118. The molecule has 6 nitrogen and oxygen atoms in total. The number of hydrogen-bond donors (Lipinski definition) is 1. The molecule has 0 spiro atoms. The molecule has 0 aliphatic rings. The van der Waals surface area contributed by atoms with E-state index in [-0.39, 0.29) is 0 Å². The average molecular weight is 334 g/mol. The third-order valence-corrected chi connectivity index (χ3v) is 3.86. The molecule has 1 N–H and O–H groups in total. The van der Waals surface area contributed by atoms with E-state index in [2.05, 4.69) is 31.3 Å². The molecule has 7 heteroatoms. The SMILES string of the molecule is Cc1cc(C)nc(Sc2ccnc(Nc3ccc(C#N)cc3)n2)n1. The second-order valence-corrected chi connectivity index (χ2v) is 6.06. The van der Waals surface area contributed by atoms with Crippen molar-refractivity contribution in [3.05, 3.63) is 59.5 Å². The number of anilines is 2. The molecular formula is C17H14N6S. The van der Waals surface area contributed by atoms with E-state index in [4.69, 9.17) is 5.26 Å². The minimum Gasteiger partial charge on any atom is -0.324 e. The smallest absolute Gasteiger partial charge is 0.228 e. The highest BCUT2D eigenvalue weighted by molar-refractivity contribution is 7.99. The van der Waals surface area contributed by atoms with Crippen molar-refractivity contribution in [3.63, 3.8) is 0 Å². The van der Waals surface area contributed by atoms with Crippen molar-refractivity contribution in [2.24, 2.45) is 0 Å². The fourth-order valence-electron chi connectivity index (χ4n) is 2.05. The van der Waals surface area contributed by atoms with Crippen LogP contribution in [0.15, 0.2) is 52.8 Å². The number of hydrogen-bond acceptors (Lipinski definition) is 7. The fourth-order valence-corrected chi connectivity index (χ4v) is 2.88. The lowest BCUT2D eigenvalue weighted by Gasteiger charge is -2.06. The minimum absolute atomic E-state index is 0.481. The van der Waals surface area contributed by atoms with Gasteiger partial charge in [-0.1, -0.05) is 0 Å². The maximum Gasteiger partial charge on any atom is 0.228 e. The molecule has 0 aliphatic heterocycles. The van der Waals surface area contributed by atoms with Gasteiger partial charge in [-0.25, -0.2) is 19.9 Å². The first kappa shape index (κ1) is 15.9. The Balaban J connectivity index is 1.77. The zero-order valence-corrected chi connectivity index (χ0v) is 14.0. The molecule has 0 aliphatic carbocycles. The maximum absolute atomic E-state index is 8.82. The normalized spacial score (nSPS) is 10.2. The quantitative estimate of drug-likeness (QED) is 0.575. The summed E-state index contributed by atoms with van der Waals surface area (Å²) < 4.78 is 0. The highest BCUT2D eigenvalue weighted by atomic mass is 32.2. The number of aromatic nitrogens is 4. The van der Waals surface area contributed by atoms with Crippen molar-refractivity contribution in [2.75, 3.05) is 5.32 Å². The third kappa shape index (κ3) is 4.06. The number of aryl methyl sites for hydroxylation is 2. The van der Waals surface area contributed by atoms with Crippen molar-refractivity contribution in [2.45, 2.75) is 24.0 Å². The second-order valence-electron chi connectivity index (χ2n) is 5.07. The van der Waals surface area contributed by atoms with Crippen molar-refractivity contribution in [1.29, 1.82) is 5.26 Å². The topological polar surface area (TPSA) is 87.4 Å². The first-order valence-corrected chi connectivity index (χ1v) is 8.04. The van der Waals surface area contributed by atoms with Gasteiger partial charge in [0.1, 0.15) is 5.03 Å². The molecular weight excluding hydrogens is 320 g/mol. The monoisotopic (exact) mass is 334 g/mol. The summed E-state index contributed by atoms with van der Waals surface area (Å²) >= 11 is 1.39. The molecule has 1 aromatic carbocycles. The van der Waals surface area contributed by atoms with Crippen LogP contribution in [-0.2, 0) is 0 Å². The van der Waals surface area contributed by atoms with Gasteiger partial charge in [-0.05, 0) is 62.0 Å². The highest BCUT2D eigenvalue weighted by Gasteiger charge is 2.06. The molecule has 0 saturated heterocycles. The van der Waals surface area contributed by atoms with Crippen molar-refractivity contribution < 1.29 is 0 Å². The summed E-state index contributed by atoms with van der Waals surface area (Å²) in [5, 5.41) is 13.4. The molecule has 0 atom stereocenters. The predicted octanol–water partition coefficient (Wildman–Crippen LogP) is 3.65. The Labute approximate surface area is 144 Å². The molecule has 0 saturated carbocycles. The van der Waals surface area contributed by atoms with Gasteiger partial charge in [-0.15, -0.1) is 0 Å². The molecule has 0 fully saturated rings. The Morgan fingerprint density at radius 3 is 2.38 bits per heavy atom. The summed E-state index contributed by atoms with van der Waals surface area (Å²) in [6, 6.07) is 12.9. The lowest BCUT2D eigenvalue weighted by atomic mass is 10.2. The zero-order chi connectivity index (χ0) is 16.9. The van der Waals surface area contributed by atoms with E-state index in [1.54, 1.807) is 18.3 Å². The van der Waals surface area contributed by atoms with Crippen LogP contribution in [0.4, 0.5) is 11.6 Å². The van der Waals surface area contributed by atoms with E-state index in [1.165, 1.54) is 11.8 Å². The average Bonchev–Trinajstić information content (AvgIpc) is 2.55. The number of benzene rings is 1. The van der Waals surface area contributed by atoms with Gasteiger partial charge in [0.05, 0.1) is 11.6 Å².